The molecule has 5 nitrogen and oxygen atoms in total. The second-order valence-corrected chi connectivity index (χ2v) is 4.19. The Labute approximate surface area is 104 Å². The Morgan fingerprint density at radius 3 is 3.24 bits per heavy atom. The van der Waals surface area contributed by atoms with E-state index in [9.17, 15) is 0 Å². The maximum absolute atomic E-state index is 5.23. The predicted octanol–water partition coefficient (Wildman–Crippen LogP) is 2.64. The fraction of sp³-hybridized carbons (Fsp3) is 0.455. The van der Waals surface area contributed by atoms with Gasteiger partial charge in [0.1, 0.15) is 0 Å². The predicted molar refractivity (Wildman–Crippen MR) is 67.2 cm³/mol. The second kappa shape index (κ2) is 6.36. The van der Waals surface area contributed by atoms with Crippen molar-refractivity contribution >= 4 is 17.4 Å². The summed E-state index contributed by atoms with van der Waals surface area (Å²) in [6.07, 6.45) is 0.921. The normalized spacial score (nSPS) is 10.6. The van der Waals surface area contributed by atoms with Crippen LogP contribution in [0.1, 0.15) is 13.3 Å². The van der Waals surface area contributed by atoms with Crippen LogP contribution in [0.3, 0.4) is 0 Å². The molecule has 0 bridgehead atoms. The van der Waals surface area contributed by atoms with Crippen LogP contribution in [0.25, 0.3) is 11.4 Å². The van der Waals surface area contributed by atoms with Crippen molar-refractivity contribution < 1.29 is 9.26 Å². The molecule has 0 atom stereocenters. The number of aromatic nitrogens is 2. The van der Waals surface area contributed by atoms with E-state index in [1.165, 1.54) is 0 Å². The molecule has 0 radical (unpaired) electrons. The topological polar surface area (TPSA) is 60.2 Å². The Morgan fingerprint density at radius 2 is 2.47 bits per heavy atom. The number of rotatable bonds is 7. The molecule has 0 spiro atoms. The molecule has 2 aromatic heterocycles. The molecule has 0 aliphatic rings. The first kappa shape index (κ1) is 12.1. The van der Waals surface area contributed by atoms with Crippen LogP contribution in [0.4, 0.5) is 6.01 Å². The minimum atomic E-state index is 0.461. The number of ether oxygens (including phenoxy) is 1. The molecule has 0 unspecified atom stereocenters. The number of hydrogen-bond acceptors (Lipinski definition) is 6. The maximum Gasteiger partial charge on any atom is 0.321 e. The lowest BCUT2D eigenvalue weighted by atomic mass is 10.3. The fourth-order valence-electron chi connectivity index (χ4n) is 1.32. The zero-order chi connectivity index (χ0) is 11.9. The van der Waals surface area contributed by atoms with E-state index in [4.69, 9.17) is 9.26 Å². The lowest BCUT2D eigenvalue weighted by Gasteiger charge is -2.00. The summed E-state index contributed by atoms with van der Waals surface area (Å²) < 4.78 is 10.3. The molecule has 17 heavy (non-hydrogen) atoms. The summed E-state index contributed by atoms with van der Waals surface area (Å²) in [4.78, 5) is 4.25. The van der Waals surface area contributed by atoms with E-state index in [2.05, 4.69) is 15.5 Å². The van der Waals surface area contributed by atoms with Crippen molar-refractivity contribution in [2.24, 2.45) is 0 Å². The van der Waals surface area contributed by atoms with E-state index >= 15 is 0 Å². The SMILES string of the molecule is CCOCCCNc1nc(-c2ccsc2)no1. The largest absolute Gasteiger partial charge is 0.382 e. The molecule has 0 aliphatic heterocycles. The molecule has 0 aromatic carbocycles. The van der Waals surface area contributed by atoms with Crippen LogP contribution in [-0.4, -0.2) is 29.9 Å². The van der Waals surface area contributed by atoms with Crippen molar-refractivity contribution in [3.63, 3.8) is 0 Å². The molecule has 6 heteroatoms. The Hall–Kier alpha value is -1.40. The van der Waals surface area contributed by atoms with Gasteiger partial charge >= 0.3 is 6.01 Å². The van der Waals surface area contributed by atoms with Gasteiger partial charge in [0.25, 0.3) is 0 Å². The molecule has 2 rings (SSSR count). The molecule has 0 saturated carbocycles. The van der Waals surface area contributed by atoms with Gasteiger partial charge in [0, 0.05) is 30.7 Å². The number of nitrogens with zero attached hydrogens (tertiary/aromatic N) is 2. The number of thiophene rings is 1. The highest BCUT2D eigenvalue weighted by Gasteiger charge is 2.07. The third-order valence-corrected chi connectivity index (χ3v) is 2.83. The van der Waals surface area contributed by atoms with Crippen LogP contribution in [0.15, 0.2) is 21.3 Å². The van der Waals surface area contributed by atoms with E-state index < -0.39 is 0 Å². The van der Waals surface area contributed by atoms with E-state index in [1.54, 1.807) is 11.3 Å². The molecule has 0 aliphatic carbocycles. The first-order valence-electron chi connectivity index (χ1n) is 5.58. The molecular weight excluding hydrogens is 238 g/mol. The van der Waals surface area contributed by atoms with Gasteiger partial charge in [-0.05, 0) is 24.8 Å². The molecule has 0 fully saturated rings. The Balaban J connectivity index is 1.79. The molecular formula is C11H15N3O2S. The van der Waals surface area contributed by atoms with Crippen molar-refractivity contribution in [1.82, 2.24) is 10.1 Å². The van der Waals surface area contributed by atoms with E-state index in [1.807, 2.05) is 23.8 Å². The highest BCUT2D eigenvalue weighted by Crippen LogP contribution is 2.19. The zero-order valence-electron chi connectivity index (χ0n) is 9.68. The minimum Gasteiger partial charge on any atom is -0.382 e. The van der Waals surface area contributed by atoms with Crippen molar-refractivity contribution in [2.45, 2.75) is 13.3 Å². The number of hydrogen-bond donors (Lipinski definition) is 1. The smallest absolute Gasteiger partial charge is 0.321 e. The summed E-state index contributed by atoms with van der Waals surface area (Å²) in [6.45, 7) is 4.25. The van der Waals surface area contributed by atoms with Crippen molar-refractivity contribution in [3.05, 3.63) is 16.8 Å². The maximum atomic E-state index is 5.23. The van der Waals surface area contributed by atoms with Crippen LogP contribution >= 0.6 is 11.3 Å². The Bertz CT molecular complexity index is 428. The molecule has 0 amide bonds. The first-order chi connectivity index (χ1) is 8.40. The minimum absolute atomic E-state index is 0.461. The third-order valence-electron chi connectivity index (χ3n) is 2.15. The Kier molecular flexibility index (Phi) is 4.52. The number of anilines is 1. The lowest BCUT2D eigenvalue weighted by Crippen LogP contribution is -2.05. The van der Waals surface area contributed by atoms with Gasteiger partial charge in [-0.3, -0.25) is 0 Å². The van der Waals surface area contributed by atoms with Crippen molar-refractivity contribution in [2.75, 3.05) is 25.1 Å². The van der Waals surface area contributed by atoms with Crippen LogP contribution in [0.2, 0.25) is 0 Å². The summed E-state index contributed by atoms with van der Waals surface area (Å²) in [5.74, 6) is 0.624. The van der Waals surface area contributed by atoms with Gasteiger partial charge in [0.05, 0.1) is 0 Å². The fourth-order valence-corrected chi connectivity index (χ4v) is 1.95. The second-order valence-electron chi connectivity index (χ2n) is 3.41. The van der Waals surface area contributed by atoms with E-state index in [0.717, 1.165) is 31.7 Å². The highest BCUT2D eigenvalue weighted by molar-refractivity contribution is 7.08. The molecule has 0 saturated heterocycles. The number of nitrogens with one attached hydrogen (secondary N) is 1. The summed E-state index contributed by atoms with van der Waals surface area (Å²) in [5.41, 5.74) is 0.987. The van der Waals surface area contributed by atoms with Gasteiger partial charge in [-0.15, -0.1) is 0 Å². The van der Waals surface area contributed by atoms with Gasteiger partial charge < -0.3 is 14.6 Å². The Morgan fingerprint density at radius 1 is 1.53 bits per heavy atom. The molecule has 1 N–H and O–H groups in total. The van der Waals surface area contributed by atoms with Crippen LogP contribution in [0, 0.1) is 0 Å². The van der Waals surface area contributed by atoms with Gasteiger partial charge in [0.15, 0.2) is 0 Å². The third kappa shape index (κ3) is 3.54. The highest BCUT2D eigenvalue weighted by atomic mass is 32.1. The van der Waals surface area contributed by atoms with E-state index in [0.29, 0.717) is 11.8 Å². The summed E-state index contributed by atoms with van der Waals surface area (Å²) in [7, 11) is 0. The molecule has 2 aromatic rings. The van der Waals surface area contributed by atoms with Gasteiger partial charge in [-0.25, -0.2) is 0 Å². The zero-order valence-corrected chi connectivity index (χ0v) is 10.5. The lowest BCUT2D eigenvalue weighted by molar-refractivity contribution is 0.147. The van der Waals surface area contributed by atoms with Gasteiger partial charge in [-0.2, -0.15) is 16.3 Å². The summed E-state index contributed by atoms with van der Waals surface area (Å²) in [6, 6.07) is 2.43. The van der Waals surface area contributed by atoms with Crippen LogP contribution in [-0.2, 0) is 4.74 Å². The van der Waals surface area contributed by atoms with Crippen LogP contribution < -0.4 is 5.32 Å². The van der Waals surface area contributed by atoms with Crippen molar-refractivity contribution in [3.8, 4) is 11.4 Å². The van der Waals surface area contributed by atoms with E-state index in [-0.39, 0.29) is 0 Å². The first-order valence-corrected chi connectivity index (χ1v) is 6.52. The van der Waals surface area contributed by atoms with Crippen molar-refractivity contribution in [1.29, 1.82) is 0 Å². The van der Waals surface area contributed by atoms with Gasteiger partial charge in [0.2, 0.25) is 5.82 Å². The average Bonchev–Trinajstić information content (AvgIpc) is 2.99. The quantitative estimate of drug-likeness (QED) is 0.769. The van der Waals surface area contributed by atoms with Crippen LogP contribution in [0.5, 0.6) is 0 Å². The molecule has 92 valence electrons. The standard InChI is InChI=1S/C11H15N3O2S/c1-2-15-6-3-5-12-11-13-10(14-16-11)9-4-7-17-8-9/h4,7-8H,2-3,5-6H2,1H3,(H,12,13,14). The monoisotopic (exact) mass is 253 g/mol. The summed E-state index contributed by atoms with van der Waals surface area (Å²) in [5, 5.41) is 10.9. The summed E-state index contributed by atoms with van der Waals surface area (Å²) >= 11 is 1.61. The van der Waals surface area contributed by atoms with Gasteiger partial charge in [-0.1, -0.05) is 5.16 Å². The average molecular weight is 253 g/mol. The molecule has 2 heterocycles.